The molecule has 1 aliphatic heterocycles. The molecule has 3 rings (SSSR count). The quantitative estimate of drug-likeness (QED) is 0.921. The molecule has 1 unspecified atom stereocenters. The SMILES string of the molecule is CC(C)CC1CN(Cc2ncnn2C)C2(CCCC2)CN1. The summed E-state index contributed by atoms with van der Waals surface area (Å²) in [5.41, 5.74) is 0.361. The first-order chi connectivity index (χ1) is 10.1. The standard InChI is InChI=1S/C16H29N5/c1-13(2)8-14-9-21(10-15-18-12-19-20(15)3)16(11-17-14)6-4-5-7-16/h12-14,17H,4-11H2,1-3H3. The molecule has 1 aliphatic carbocycles. The summed E-state index contributed by atoms with van der Waals surface area (Å²) in [7, 11) is 2.00. The Labute approximate surface area is 128 Å². The molecule has 0 aromatic carbocycles. The molecule has 1 spiro atoms. The molecule has 21 heavy (non-hydrogen) atoms. The molecule has 5 nitrogen and oxygen atoms in total. The minimum Gasteiger partial charge on any atom is -0.311 e. The van der Waals surface area contributed by atoms with Crippen LogP contribution in [0.5, 0.6) is 0 Å². The van der Waals surface area contributed by atoms with Crippen LogP contribution < -0.4 is 5.32 Å². The molecule has 0 radical (unpaired) electrons. The van der Waals surface area contributed by atoms with Crippen molar-refractivity contribution in [2.24, 2.45) is 13.0 Å². The van der Waals surface area contributed by atoms with Crippen molar-refractivity contribution in [2.45, 2.75) is 64.1 Å². The third kappa shape index (κ3) is 3.14. The van der Waals surface area contributed by atoms with Crippen molar-refractivity contribution < 1.29 is 0 Å². The van der Waals surface area contributed by atoms with Gasteiger partial charge >= 0.3 is 0 Å². The van der Waals surface area contributed by atoms with Crippen molar-refractivity contribution in [3.63, 3.8) is 0 Å². The Bertz CT molecular complexity index is 461. The van der Waals surface area contributed by atoms with E-state index in [1.807, 2.05) is 11.7 Å². The molecular formula is C16H29N5. The normalized spacial score (nSPS) is 26.0. The second kappa shape index (κ2) is 6.05. The average Bonchev–Trinajstić information content (AvgIpc) is 3.04. The highest BCUT2D eigenvalue weighted by Crippen LogP contribution is 2.38. The molecule has 1 atom stereocenters. The van der Waals surface area contributed by atoms with Crippen molar-refractivity contribution in [3.05, 3.63) is 12.2 Å². The van der Waals surface area contributed by atoms with Gasteiger partial charge in [0, 0.05) is 31.7 Å². The first kappa shape index (κ1) is 15.0. The molecule has 0 amide bonds. The first-order valence-corrected chi connectivity index (χ1v) is 8.40. The number of rotatable bonds is 4. The summed E-state index contributed by atoms with van der Waals surface area (Å²) < 4.78 is 1.92. The highest BCUT2D eigenvalue weighted by atomic mass is 15.4. The zero-order chi connectivity index (χ0) is 14.9. The van der Waals surface area contributed by atoms with E-state index < -0.39 is 0 Å². The van der Waals surface area contributed by atoms with Crippen molar-refractivity contribution in [2.75, 3.05) is 13.1 Å². The van der Waals surface area contributed by atoms with Crippen molar-refractivity contribution >= 4 is 0 Å². The predicted molar refractivity (Wildman–Crippen MR) is 83.9 cm³/mol. The predicted octanol–water partition coefficient (Wildman–Crippen LogP) is 1.95. The highest BCUT2D eigenvalue weighted by Gasteiger charge is 2.43. The number of aromatic nitrogens is 3. The summed E-state index contributed by atoms with van der Waals surface area (Å²) in [5.74, 6) is 1.84. The largest absolute Gasteiger partial charge is 0.311 e. The average molecular weight is 291 g/mol. The maximum Gasteiger partial charge on any atom is 0.140 e. The van der Waals surface area contributed by atoms with E-state index in [-0.39, 0.29) is 0 Å². The fraction of sp³-hybridized carbons (Fsp3) is 0.875. The van der Waals surface area contributed by atoms with E-state index in [1.54, 1.807) is 6.33 Å². The minimum atomic E-state index is 0.361. The van der Waals surface area contributed by atoms with Gasteiger partial charge in [-0.15, -0.1) is 0 Å². The van der Waals surface area contributed by atoms with Crippen LogP contribution >= 0.6 is 0 Å². The molecule has 1 aromatic heterocycles. The molecule has 1 N–H and O–H groups in total. The lowest BCUT2D eigenvalue weighted by Gasteiger charge is -2.48. The van der Waals surface area contributed by atoms with Crippen LogP contribution in [-0.4, -0.2) is 44.3 Å². The first-order valence-electron chi connectivity index (χ1n) is 8.40. The van der Waals surface area contributed by atoms with Crippen LogP contribution in [0.3, 0.4) is 0 Å². The molecule has 2 heterocycles. The summed E-state index contributed by atoms with van der Waals surface area (Å²) >= 11 is 0. The summed E-state index contributed by atoms with van der Waals surface area (Å²) in [6.45, 7) is 7.85. The van der Waals surface area contributed by atoms with Crippen LogP contribution in [0, 0.1) is 5.92 Å². The van der Waals surface area contributed by atoms with E-state index >= 15 is 0 Å². The number of nitrogens with one attached hydrogen (secondary N) is 1. The van der Waals surface area contributed by atoms with Crippen LogP contribution in [0.1, 0.15) is 51.8 Å². The zero-order valence-electron chi connectivity index (χ0n) is 13.7. The zero-order valence-corrected chi connectivity index (χ0v) is 13.7. The van der Waals surface area contributed by atoms with Crippen LogP contribution in [-0.2, 0) is 13.6 Å². The maximum absolute atomic E-state index is 4.44. The van der Waals surface area contributed by atoms with Crippen molar-refractivity contribution in [1.82, 2.24) is 25.0 Å². The number of aryl methyl sites for hydroxylation is 1. The molecule has 1 aromatic rings. The fourth-order valence-corrected chi connectivity index (χ4v) is 4.09. The van der Waals surface area contributed by atoms with Gasteiger partial charge < -0.3 is 5.32 Å². The molecule has 1 saturated heterocycles. The van der Waals surface area contributed by atoms with Gasteiger partial charge in [0.15, 0.2) is 0 Å². The van der Waals surface area contributed by atoms with Crippen LogP contribution in [0.15, 0.2) is 6.33 Å². The van der Waals surface area contributed by atoms with E-state index in [2.05, 4.69) is 34.1 Å². The second-order valence-electron chi connectivity index (χ2n) is 7.32. The lowest BCUT2D eigenvalue weighted by atomic mass is 9.89. The highest BCUT2D eigenvalue weighted by molar-refractivity contribution is 5.03. The van der Waals surface area contributed by atoms with Crippen molar-refractivity contribution in [3.8, 4) is 0 Å². The maximum atomic E-state index is 4.44. The minimum absolute atomic E-state index is 0.361. The topological polar surface area (TPSA) is 46.0 Å². The third-order valence-electron chi connectivity index (χ3n) is 5.26. The monoisotopic (exact) mass is 291 g/mol. The van der Waals surface area contributed by atoms with Gasteiger partial charge in [-0.25, -0.2) is 4.98 Å². The summed E-state index contributed by atoms with van der Waals surface area (Å²) in [5, 5.41) is 8.05. The lowest BCUT2D eigenvalue weighted by Crippen LogP contribution is -2.63. The number of hydrogen-bond donors (Lipinski definition) is 1. The van der Waals surface area contributed by atoms with Gasteiger partial charge in [0.2, 0.25) is 0 Å². The Kier molecular flexibility index (Phi) is 4.31. The van der Waals surface area contributed by atoms with E-state index in [1.165, 1.54) is 32.1 Å². The van der Waals surface area contributed by atoms with E-state index in [9.17, 15) is 0 Å². The Balaban J connectivity index is 1.75. The molecule has 1 saturated carbocycles. The Morgan fingerprint density at radius 2 is 2.14 bits per heavy atom. The molecule has 118 valence electrons. The Morgan fingerprint density at radius 3 is 2.76 bits per heavy atom. The van der Waals surface area contributed by atoms with Gasteiger partial charge in [0.25, 0.3) is 0 Å². The van der Waals surface area contributed by atoms with Gasteiger partial charge in [-0.1, -0.05) is 26.7 Å². The molecule has 0 bridgehead atoms. The summed E-state index contributed by atoms with van der Waals surface area (Å²) in [6.07, 6.45) is 8.31. The van der Waals surface area contributed by atoms with Crippen molar-refractivity contribution in [1.29, 1.82) is 0 Å². The fourth-order valence-electron chi connectivity index (χ4n) is 4.09. The van der Waals surface area contributed by atoms with Crippen LogP contribution in [0.25, 0.3) is 0 Å². The second-order valence-corrected chi connectivity index (χ2v) is 7.32. The number of nitrogens with zero attached hydrogens (tertiary/aromatic N) is 4. The van der Waals surface area contributed by atoms with Gasteiger partial charge in [0.05, 0.1) is 6.54 Å². The van der Waals surface area contributed by atoms with Gasteiger partial charge in [0.1, 0.15) is 12.2 Å². The van der Waals surface area contributed by atoms with Gasteiger partial charge in [-0.3, -0.25) is 9.58 Å². The number of hydrogen-bond acceptors (Lipinski definition) is 4. The van der Waals surface area contributed by atoms with Gasteiger partial charge in [-0.05, 0) is 25.2 Å². The van der Waals surface area contributed by atoms with E-state index in [4.69, 9.17) is 0 Å². The molecule has 2 fully saturated rings. The Hall–Kier alpha value is -0.940. The summed E-state index contributed by atoms with van der Waals surface area (Å²) in [4.78, 5) is 7.14. The summed E-state index contributed by atoms with van der Waals surface area (Å²) in [6, 6.07) is 0.615. The molecule has 2 aliphatic rings. The van der Waals surface area contributed by atoms with Gasteiger partial charge in [-0.2, -0.15) is 5.10 Å². The lowest BCUT2D eigenvalue weighted by molar-refractivity contribution is 0.0285. The third-order valence-corrected chi connectivity index (χ3v) is 5.26. The van der Waals surface area contributed by atoms with E-state index in [0.717, 1.165) is 31.4 Å². The molecular weight excluding hydrogens is 262 g/mol. The Morgan fingerprint density at radius 1 is 1.38 bits per heavy atom. The van der Waals surface area contributed by atoms with Crippen LogP contribution in [0.2, 0.25) is 0 Å². The number of piperazine rings is 1. The van der Waals surface area contributed by atoms with Crippen LogP contribution in [0.4, 0.5) is 0 Å². The molecule has 5 heteroatoms. The smallest absolute Gasteiger partial charge is 0.140 e. The van der Waals surface area contributed by atoms with E-state index in [0.29, 0.717) is 11.6 Å².